The summed E-state index contributed by atoms with van der Waals surface area (Å²) in [6, 6.07) is 9.85. The van der Waals surface area contributed by atoms with Gasteiger partial charge in [-0.1, -0.05) is 18.2 Å². The van der Waals surface area contributed by atoms with Crippen LogP contribution in [0.3, 0.4) is 0 Å². The Morgan fingerprint density at radius 3 is 2.88 bits per heavy atom. The Balaban J connectivity index is 2.24. The fraction of sp³-hybridized carbons (Fsp3) is 0.167. The third-order valence-corrected chi connectivity index (χ3v) is 2.99. The third-order valence-electron chi connectivity index (χ3n) is 2.35. The summed E-state index contributed by atoms with van der Waals surface area (Å²) in [6.07, 6.45) is 3.54. The minimum Gasteiger partial charge on any atom is -0.340 e. The van der Waals surface area contributed by atoms with Crippen LogP contribution in [0, 0.1) is 0 Å². The van der Waals surface area contributed by atoms with Crippen LogP contribution in [-0.2, 0) is 6.54 Å². The number of aromatic nitrogens is 2. The van der Waals surface area contributed by atoms with Gasteiger partial charge in [0.15, 0.2) is 0 Å². The van der Waals surface area contributed by atoms with E-state index < -0.39 is 0 Å². The highest BCUT2D eigenvalue weighted by Gasteiger charge is 2.02. The van der Waals surface area contributed by atoms with Gasteiger partial charge >= 0.3 is 0 Å². The molecule has 0 aliphatic heterocycles. The van der Waals surface area contributed by atoms with Crippen molar-refractivity contribution in [2.24, 2.45) is 5.73 Å². The molecule has 0 saturated carbocycles. The molecule has 0 aliphatic rings. The number of anilines is 2. The van der Waals surface area contributed by atoms with Gasteiger partial charge in [0.05, 0.1) is 0 Å². The Hall–Kier alpha value is -1.59. The van der Waals surface area contributed by atoms with Crippen molar-refractivity contribution in [3.05, 3.63) is 42.2 Å². The van der Waals surface area contributed by atoms with Gasteiger partial charge in [-0.15, -0.1) is 11.8 Å². The second kappa shape index (κ2) is 5.65. The normalized spacial score (nSPS) is 10.2. The van der Waals surface area contributed by atoms with E-state index in [0.717, 1.165) is 22.1 Å². The van der Waals surface area contributed by atoms with E-state index >= 15 is 0 Å². The van der Waals surface area contributed by atoms with E-state index in [1.807, 2.05) is 36.6 Å². The van der Waals surface area contributed by atoms with E-state index in [1.165, 1.54) is 0 Å². The molecular weight excluding hydrogens is 232 g/mol. The van der Waals surface area contributed by atoms with Gasteiger partial charge < -0.3 is 11.1 Å². The summed E-state index contributed by atoms with van der Waals surface area (Å²) < 4.78 is 0. The molecule has 17 heavy (non-hydrogen) atoms. The van der Waals surface area contributed by atoms with Gasteiger partial charge in [0.25, 0.3) is 0 Å². The quantitative estimate of drug-likeness (QED) is 0.640. The molecule has 0 fully saturated rings. The molecule has 1 aromatic heterocycles. The van der Waals surface area contributed by atoms with Gasteiger partial charge in [0.1, 0.15) is 17.2 Å². The molecule has 0 atom stereocenters. The van der Waals surface area contributed by atoms with Crippen LogP contribution in [0.25, 0.3) is 0 Å². The Morgan fingerprint density at radius 1 is 1.29 bits per heavy atom. The standard InChI is InChI=1S/C12H14N4S/c1-17-12-6-11(14-8-15-12)16-10-5-3-2-4-9(10)7-13/h2-6,8H,7,13H2,1H3,(H,14,15,16). The largest absolute Gasteiger partial charge is 0.340 e. The summed E-state index contributed by atoms with van der Waals surface area (Å²) in [5, 5.41) is 4.19. The number of benzene rings is 1. The van der Waals surface area contributed by atoms with E-state index in [2.05, 4.69) is 15.3 Å². The molecule has 4 nitrogen and oxygen atoms in total. The molecule has 2 aromatic rings. The van der Waals surface area contributed by atoms with Crippen molar-refractivity contribution in [3.63, 3.8) is 0 Å². The molecule has 88 valence electrons. The molecule has 0 amide bonds. The molecule has 0 bridgehead atoms. The molecule has 0 spiro atoms. The first-order valence-corrected chi connectivity index (χ1v) is 6.47. The number of nitrogens with one attached hydrogen (secondary N) is 1. The number of para-hydroxylation sites is 1. The third kappa shape index (κ3) is 2.95. The molecule has 0 saturated heterocycles. The highest BCUT2D eigenvalue weighted by Crippen LogP contribution is 2.21. The van der Waals surface area contributed by atoms with Gasteiger partial charge in [0.2, 0.25) is 0 Å². The fourth-order valence-corrected chi connectivity index (χ4v) is 1.86. The molecule has 0 radical (unpaired) electrons. The van der Waals surface area contributed by atoms with Crippen molar-refractivity contribution in [1.82, 2.24) is 9.97 Å². The first-order chi connectivity index (χ1) is 8.33. The molecule has 1 heterocycles. The van der Waals surface area contributed by atoms with Crippen molar-refractivity contribution in [3.8, 4) is 0 Å². The maximum atomic E-state index is 5.68. The van der Waals surface area contributed by atoms with Gasteiger partial charge in [-0.05, 0) is 17.9 Å². The maximum Gasteiger partial charge on any atom is 0.134 e. The molecule has 0 unspecified atom stereocenters. The topological polar surface area (TPSA) is 63.8 Å². The Morgan fingerprint density at radius 2 is 2.12 bits per heavy atom. The average molecular weight is 246 g/mol. The van der Waals surface area contributed by atoms with E-state index in [-0.39, 0.29) is 0 Å². The first kappa shape index (κ1) is 11.9. The lowest BCUT2D eigenvalue weighted by Gasteiger charge is -2.10. The van der Waals surface area contributed by atoms with E-state index in [9.17, 15) is 0 Å². The average Bonchev–Trinajstić information content (AvgIpc) is 2.39. The zero-order chi connectivity index (χ0) is 12.1. The van der Waals surface area contributed by atoms with Gasteiger partial charge in [0, 0.05) is 18.3 Å². The van der Waals surface area contributed by atoms with Crippen LogP contribution < -0.4 is 11.1 Å². The molecule has 5 heteroatoms. The number of hydrogen-bond donors (Lipinski definition) is 2. The second-order valence-corrected chi connectivity index (χ2v) is 4.26. The van der Waals surface area contributed by atoms with Gasteiger partial charge in [-0.2, -0.15) is 0 Å². The van der Waals surface area contributed by atoms with Crippen LogP contribution in [0.15, 0.2) is 41.7 Å². The van der Waals surface area contributed by atoms with Crippen LogP contribution >= 0.6 is 11.8 Å². The molecular formula is C12H14N4S. The summed E-state index contributed by atoms with van der Waals surface area (Å²) in [6.45, 7) is 0.504. The van der Waals surface area contributed by atoms with Crippen LogP contribution in [0.2, 0.25) is 0 Å². The highest BCUT2D eigenvalue weighted by atomic mass is 32.2. The van der Waals surface area contributed by atoms with Gasteiger partial charge in [-0.3, -0.25) is 0 Å². The SMILES string of the molecule is CSc1cc(Nc2ccccc2CN)ncn1. The summed E-state index contributed by atoms with van der Waals surface area (Å²) in [5.74, 6) is 0.783. The minimum atomic E-state index is 0.504. The molecule has 3 N–H and O–H groups in total. The summed E-state index contributed by atoms with van der Waals surface area (Å²) in [7, 11) is 0. The van der Waals surface area contributed by atoms with Crippen molar-refractivity contribution in [2.75, 3.05) is 11.6 Å². The monoisotopic (exact) mass is 246 g/mol. The zero-order valence-electron chi connectivity index (χ0n) is 9.55. The van der Waals surface area contributed by atoms with Crippen LogP contribution in [0.4, 0.5) is 11.5 Å². The van der Waals surface area contributed by atoms with Crippen LogP contribution in [0.5, 0.6) is 0 Å². The van der Waals surface area contributed by atoms with E-state index in [0.29, 0.717) is 6.54 Å². The molecule has 2 rings (SSSR count). The molecule has 0 aliphatic carbocycles. The van der Waals surface area contributed by atoms with Crippen molar-refractivity contribution < 1.29 is 0 Å². The predicted molar refractivity (Wildman–Crippen MR) is 71.4 cm³/mol. The van der Waals surface area contributed by atoms with Crippen molar-refractivity contribution in [1.29, 1.82) is 0 Å². The van der Waals surface area contributed by atoms with Crippen molar-refractivity contribution in [2.45, 2.75) is 11.6 Å². The zero-order valence-corrected chi connectivity index (χ0v) is 10.4. The summed E-state index contributed by atoms with van der Waals surface area (Å²) in [4.78, 5) is 8.31. The number of nitrogens with zero attached hydrogens (tertiary/aromatic N) is 2. The lowest BCUT2D eigenvalue weighted by atomic mass is 10.2. The maximum absolute atomic E-state index is 5.68. The summed E-state index contributed by atoms with van der Waals surface area (Å²) >= 11 is 1.59. The van der Waals surface area contributed by atoms with Gasteiger partial charge in [-0.25, -0.2) is 9.97 Å². The van der Waals surface area contributed by atoms with Crippen LogP contribution in [-0.4, -0.2) is 16.2 Å². The molecule has 1 aromatic carbocycles. The van der Waals surface area contributed by atoms with E-state index in [1.54, 1.807) is 18.1 Å². The summed E-state index contributed by atoms with van der Waals surface area (Å²) in [5.41, 5.74) is 7.74. The number of thioether (sulfide) groups is 1. The van der Waals surface area contributed by atoms with E-state index in [4.69, 9.17) is 5.73 Å². The predicted octanol–water partition coefficient (Wildman–Crippen LogP) is 2.40. The Labute approximate surface area is 105 Å². The minimum absolute atomic E-state index is 0.504. The number of nitrogens with two attached hydrogens (primary N) is 1. The van der Waals surface area contributed by atoms with Crippen molar-refractivity contribution >= 4 is 23.3 Å². The second-order valence-electron chi connectivity index (χ2n) is 3.43. The lowest BCUT2D eigenvalue weighted by molar-refractivity contribution is 1.04. The Bertz CT molecular complexity index is 501. The highest BCUT2D eigenvalue weighted by molar-refractivity contribution is 7.98. The number of hydrogen-bond acceptors (Lipinski definition) is 5. The lowest BCUT2D eigenvalue weighted by Crippen LogP contribution is -2.02. The Kier molecular flexibility index (Phi) is 3.95. The first-order valence-electron chi connectivity index (χ1n) is 5.24. The van der Waals surface area contributed by atoms with Crippen LogP contribution in [0.1, 0.15) is 5.56 Å². The number of rotatable bonds is 4. The fourth-order valence-electron chi connectivity index (χ4n) is 1.48. The smallest absolute Gasteiger partial charge is 0.134 e.